The van der Waals surface area contributed by atoms with Crippen molar-refractivity contribution in [3.8, 4) is 5.75 Å². The molecule has 4 heteroatoms. The molecule has 0 radical (unpaired) electrons. The third-order valence-corrected chi connectivity index (χ3v) is 2.34. The lowest BCUT2D eigenvalue weighted by Crippen LogP contribution is -2.28. The van der Waals surface area contributed by atoms with Crippen molar-refractivity contribution in [3.05, 3.63) is 36.4 Å². The molecule has 2 N–H and O–H groups in total. The maximum Gasteiger partial charge on any atom is 0.171 e. The van der Waals surface area contributed by atoms with E-state index in [1.54, 1.807) is 13.2 Å². The highest BCUT2D eigenvalue weighted by Gasteiger charge is 2.01. The molecular weight excluding hydrogens is 220 g/mol. The predicted molar refractivity (Wildman–Crippen MR) is 72.2 cm³/mol. The topological polar surface area (TPSA) is 33.3 Å². The molecule has 0 aliphatic heterocycles. The van der Waals surface area contributed by atoms with Crippen LogP contribution in [0.4, 0.5) is 5.69 Å². The molecule has 0 fully saturated rings. The molecule has 0 amide bonds. The lowest BCUT2D eigenvalue weighted by Gasteiger charge is -2.12. The number of hydrogen-bond acceptors (Lipinski definition) is 2. The molecule has 86 valence electrons. The van der Waals surface area contributed by atoms with E-state index >= 15 is 0 Å². The van der Waals surface area contributed by atoms with Crippen LogP contribution >= 0.6 is 12.2 Å². The first-order chi connectivity index (χ1) is 7.67. The Bertz CT molecular complexity index is 391. The fourth-order valence-corrected chi connectivity index (χ4v) is 1.43. The van der Waals surface area contributed by atoms with E-state index in [0.717, 1.165) is 17.0 Å². The second-order valence-electron chi connectivity index (χ2n) is 3.30. The Balaban J connectivity index is 2.66. The van der Waals surface area contributed by atoms with Crippen molar-refractivity contribution in [3.63, 3.8) is 0 Å². The van der Waals surface area contributed by atoms with Gasteiger partial charge in [0.15, 0.2) is 5.11 Å². The molecule has 0 spiro atoms. The van der Waals surface area contributed by atoms with E-state index in [0.29, 0.717) is 11.7 Å². The number of anilines is 1. The zero-order valence-corrected chi connectivity index (χ0v) is 10.4. The molecule has 0 heterocycles. The van der Waals surface area contributed by atoms with E-state index in [4.69, 9.17) is 17.0 Å². The van der Waals surface area contributed by atoms with Gasteiger partial charge in [0.25, 0.3) is 0 Å². The second kappa shape index (κ2) is 6.12. The monoisotopic (exact) mass is 236 g/mol. The number of ether oxygens (including phenoxy) is 1. The molecule has 16 heavy (non-hydrogen) atoms. The summed E-state index contributed by atoms with van der Waals surface area (Å²) in [5, 5.41) is 6.71. The third-order valence-electron chi connectivity index (χ3n) is 2.09. The smallest absolute Gasteiger partial charge is 0.171 e. The summed E-state index contributed by atoms with van der Waals surface area (Å²) in [7, 11) is 1.65. The molecule has 0 atom stereocenters. The van der Waals surface area contributed by atoms with Gasteiger partial charge in [0.2, 0.25) is 0 Å². The fraction of sp³-hybridized carbons (Fsp3) is 0.250. The normalized spacial score (nSPS) is 9.38. The number of thiocarbonyl (C=S) groups is 1. The van der Waals surface area contributed by atoms with Crippen molar-refractivity contribution in [1.29, 1.82) is 0 Å². The zero-order valence-electron chi connectivity index (χ0n) is 9.54. The van der Waals surface area contributed by atoms with E-state index in [1.807, 2.05) is 25.1 Å². The van der Waals surface area contributed by atoms with Gasteiger partial charge in [-0.1, -0.05) is 6.08 Å². The summed E-state index contributed by atoms with van der Waals surface area (Å²) in [6, 6.07) is 5.79. The Morgan fingerprint density at radius 1 is 1.56 bits per heavy atom. The molecule has 0 unspecified atom stereocenters. The van der Waals surface area contributed by atoms with Crippen molar-refractivity contribution in [2.24, 2.45) is 0 Å². The summed E-state index contributed by atoms with van der Waals surface area (Å²) < 4.78 is 5.13. The van der Waals surface area contributed by atoms with Crippen LogP contribution in [0.1, 0.15) is 5.56 Å². The Morgan fingerprint density at radius 2 is 2.31 bits per heavy atom. The molecule has 0 saturated heterocycles. The lowest BCUT2D eigenvalue weighted by molar-refractivity contribution is 0.414. The summed E-state index contributed by atoms with van der Waals surface area (Å²) >= 11 is 5.12. The minimum absolute atomic E-state index is 0.591. The number of benzene rings is 1. The largest absolute Gasteiger partial charge is 0.497 e. The van der Waals surface area contributed by atoms with Crippen LogP contribution < -0.4 is 15.4 Å². The molecule has 0 aliphatic carbocycles. The molecule has 1 rings (SSSR count). The van der Waals surface area contributed by atoms with Gasteiger partial charge in [0.05, 0.1) is 7.11 Å². The van der Waals surface area contributed by atoms with Crippen LogP contribution in [0.5, 0.6) is 5.75 Å². The van der Waals surface area contributed by atoms with Gasteiger partial charge < -0.3 is 15.4 Å². The quantitative estimate of drug-likeness (QED) is 0.621. The van der Waals surface area contributed by atoms with Gasteiger partial charge in [-0.05, 0) is 42.9 Å². The highest BCUT2D eigenvalue weighted by molar-refractivity contribution is 7.80. The van der Waals surface area contributed by atoms with Crippen molar-refractivity contribution < 1.29 is 4.74 Å². The number of hydrogen-bond donors (Lipinski definition) is 2. The van der Waals surface area contributed by atoms with Crippen LogP contribution in [0.25, 0.3) is 0 Å². The van der Waals surface area contributed by atoms with Gasteiger partial charge in [0.1, 0.15) is 5.75 Å². The first-order valence-electron chi connectivity index (χ1n) is 4.97. The van der Waals surface area contributed by atoms with E-state index in [1.165, 1.54) is 0 Å². The standard InChI is InChI=1S/C12H16N2OS/c1-4-7-13-12(16)14-11-6-5-10(15-3)8-9(11)2/h4-6,8H,1,7H2,2-3H3,(H2,13,14,16). The van der Waals surface area contributed by atoms with Gasteiger partial charge in [-0.2, -0.15) is 0 Å². The summed E-state index contributed by atoms with van der Waals surface area (Å²) in [5.41, 5.74) is 2.06. The van der Waals surface area contributed by atoms with E-state index in [-0.39, 0.29) is 0 Å². The van der Waals surface area contributed by atoms with Crippen molar-refractivity contribution >= 4 is 23.0 Å². The van der Waals surface area contributed by atoms with Gasteiger partial charge in [-0.15, -0.1) is 6.58 Å². The molecule has 0 saturated carbocycles. The van der Waals surface area contributed by atoms with Crippen LogP contribution in [-0.4, -0.2) is 18.8 Å². The van der Waals surface area contributed by atoms with Gasteiger partial charge >= 0.3 is 0 Å². The summed E-state index contributed by atoms with van der Waals surface area (Å²) in [5.74, 6) is 0.841. The van der Waals surface area contributed by atoms with Crippen LogP contribution in [0, 0.1) is 6.92 Å². The van der Waals surface area contributed by atoms with Crippen LogP contribution in [-0.2, 0) is 0 Å². The Morgan fingerprint density at radius 3 is 2.88 bits per heavy atom. The van der Waals surface area contributed by atoms with E-state index < -0.39 is 0 Å². The Labute approximate surface area is 102 Å². The highest BCUT2D eigenvalue weighted by Crippen LogP contribution is 2.20. The van der Waals surface area contributed by atoms with Crippen LogP contribution in [0.3, 0.4) is 0 Å². The average Bonchev–Trinajstić information content (AvgIpc) is 2.29. The summed E-state index contributed by atoms with van der Waals surface area (Å²) in [4.78, 5) is 0. The van der Waals surface area contributed by atoms with Crippen LogP contribution in [0.15, 0.2) is 30.9 Å². The first kappa shape index (κ1) is 12.5. The first-order valence-corrected chi connectivity index (χ1v) is 5.38. The van der Waals surface area contributed by atoms with Crippen molar-refractivity contribution in [2.75, 3.05) is 19.0 Å². The number of rotatable bonds is 4. The molecule has 3 nitrogen and oxygen atoms in total. The molecular formula is C12H16N2OS. The predicted octanol–water partition coefficient (Wildman–Crippen LogP) is 2.48. The zero-order chi connectivity index (χ0) is 12.0. The maximum absolute atomic E-state index is 5.13. The number of methoxy groups -OCH3 is 1. The van der Waals surface area contributed by atoms with Gasteiger partial charge in [-0.25, -0.2) is 0 Å². The van der Waals surface area contributed by atoms with Gasteiger partial charge in [0, 0.05) is 12.2 Å². The molecule has 1 aromatic rings. The van der Waals surface area contributed by atoms with Crippen molar-refractivity contribution in [2.45, 2.75) is 6.92 Å². The Kier molecular flexibility index (Phi) is 4.79. The van der Waals surface area contributed by atoms with E-state index in [2.05, 4.69) is 17.2 Å². The maximum atomic E-state index is 5.13. The second-order valence-corrected chi connectivity index (χ2v) is 3.71. The minimum atomic E-state index is 0.591. The molecule has 0 aliphatic rings. The van der Waals surface area contributed by atoms with Crippen molar-refractivity contribution in [1.82, 2.24) is 5.32 Å². The average molecular weight is 236 g/mol. The summed E-state index contributed by atoms with van der Waals surface area (Å²) in [6.07, 6.45) is 1.76. The lowest BCUT2D eigenvalue weighted by atomic mass is 10.2. The third kappa shape index (κ3) is 3.55. The van der Waals surface area contributed by atoms with E-state index in [9.17, 15) is 0 Å². The molecule has 0 aromatic heterocycles. The molecule has 0 bridgehead atoms. The Hall–Kier alpha value is -1.55. The minimum Gasteiger partial charge on any atom is -0.497 e. The number of nitrogens with one attached hydrogen (secondary N) is 2. The fourth-order valence-electron chi connectivity index (χ4n) is 1.23. The SMILES string of the molecule is C=CCNC(=S)Nc1ccc(OC)cc1C. The highest BCUT2D eigenvalue weighted by atomic mass is 32.1. The number of aryl methyl sites for hydroxylation is 1. The van der Waals surface area contributed by atoms with Gasteiger partial charge in [-0.3, -0.25) is 0 Å². The van der Waals surface area contributed by atoms with Crippen LogP contribution in [0.2, 0.25) is 0 Å². The molecule has 1 aromatic carbocycles. The summed E-state index contributed by atoms with van der Waals surface area (Å²) in [6.45, 7) is 6.27.